The zero-order valence-corrected chi connectivity index (χ0v) is 10.4. The summed E-state index contributed by atoms with van der Waals surface area (Å²) in [5, 5.41) is 31.2. The lowest BCUT2D eigenvalue weighted by molar-refractivity contribution is -0.0213. The molecule has 1 aromatic carbocycles. The summed E-state index contributed by atoms with van der Waals surface area (Å²) < 4.78 is 18.6. The Morgan fingerprint density at radius 2 is 1.84 bits per heavy atom. The Kier molecular flexibility index (Phi) is 4.84. The Balaban J connectivity index is 1.82. The van der Waals surface area contributed by atoms with Crippen molar-refractivity contribution in [1.29, 1.82) is 0 Å². The molecule has 1 aromatic rings. The highest BCUT2D eigenvalue weighted by molar-refractivity contribution is 5.16. The van der Waals surface area contributed by atoms with Gasteiger partial charge in [-0.05, 0) is 6.07 Å². The van der Waals surface area contributed by atoms with Crippen molar-refractivity contribution in [3.05, 3.63) is 35.6 Å². The number of rotatable bonds is 5. The lowest BCUT2D eigenvalue weighted by Gasteiger charge is -2.15. The van der Waals surface area contributed by atoms with Gasteiger partial charge >= 0.3 is 0 Å². The van der Waals surface area contributed by atoms with Gasteiger partial charge < -0.3 is 25.4 Å². The minimum atomic E-state index is -1.09. The van der Waals surface area contributed by atoms with Gasteiger partial charge in [-0.3, -0.25) is 0 Å². The van der Waals surface area contributed by atoms with Crippen LogP contribution in [0.3, 0.4) is 0 Å². The van der Waals surface area contributed by atoms with E-state index in [9.17, 15) is 14.6 Å². The molecular formula is C13H18FNO4. The number of aliphatic hydroxyl groups excluding tert-OH is 3. The molecule has 1 fully saturated rings. The minimum Gasteiger partial charge on any atom is -0.394 e. The molecule has 1 aliphatic heterocycles. The largest absolute Gasteiger partial charge is 0.394 e. The fraction of sp³-hybridized carbons (Fsp3) is 0.538. The van der Waals surface area contributed by atoms with E-state index in [1.54, 1.807) is 18.2 Å². The Bertz CT molecular complexity index is 417. The van der Waals surface area contributed by atoms with Gasteiger partial charge in [-0.15, -0.1) is 0 Å². The maximum absolute atomic E-state index is 13.4. The number of hydrogen-bond donors (Lipinski definition) is 4. The van der Waals surface area contributed by atoms with E-state index in [0.29, 0.717) is 12.1 Å². The predicted octanol–water partition coefficient (Wildman–Crippen LogP) is -0.603. The lowest BCUT2D eigenvalue weighted by Crippen LogP contribution is -2.38. The summed E-state index contributed by atoms with van der Waals surface area (Å²) in [6.45, 7) is 0.226. The first-order chi connectivity index (χ1) is 9.13. The zero-order valence-electron chi connectivity index (χ0n) is 10.4. The number of nitrogens with one attached hydrogen (secondary N) is 1. The van der Waals surface area contributed by atoms with E-state index in [1.807, 2.05) is 0 Å². The molecule has 5 nitrogen and oxygen atoms in total. The van der Waals surface area contributed by atoms with Gasteiger partial charge in [0.25, 0.3) is 0 Å². The van der Waals surface area contributed by atoms with Crippen molar-refractivity contribution in [3.8, 4) is 0 Å². The second kappa shape index (κ2) is 6.40. The summed E-state index contributed by atoms with van der Waals surface area (Å²) in [5.41, 5.74) is 0.522. The smallest absolute Gasteiger partial charge is 0.127 e. The lowest BCUT2D eigenvalue weighted by atomic mass is 10.1. The standard InChI is InChI=1S/C13H18FNO4/c14-9-4-2-1-3-8(9)5-15-6-10-12(17)13(18)11(7-16)19-10/h1-4,10-13,15-18H,5-7H2/t10-,11-,12-,13-/m1/s1. The number of hydrogen-bond acceptors (Lipinski definition) is 5. The molecular weight excluding hydrogens is 253 g/mol. The van der Waals surface area contributed by atoms with Crippen molar-refractivity contribution < 1.29 is 24.4 Å². The normalized spacial score (nSPS) is 30.7. The molecule has 0 bridgehead atoms. The van der Waals surface area contributed by atoms with Crippen LogP contribution in [0.5, 0.6) is 0 Å². The van der Waals surface area contributed by atoms with E-state index in [0.717, 1.165) is 0 Å². The van der Waals surface area contributed by atoms with Crippen LogP contribution in [-0.2, 0) is 11.3 Å². The van der Waals surface area contributed by atoms with E-state index in [1.165, 1.54) is 6.07 Å². The summed E-state index contributed by atoms with van der Waals surface area (Å²) in [6.07, 6.45) is -3.52. The maximum Gasteiger partial charge on any atom is 0.127 e. The highest BCUT2D eigenvalue weighted by Crippen LogP contribution is 2.20. The Hall–Kier alpha value is -1.05. The van der Waals surface area contributed by atoms with Gasteiger partial charge in [0.1, 0.15) is 24.1 Å². The number of halogens is 1. The van der Waals surface area contributed by atoms with E-state index in [2.05, 4.69) is 5.32 Å². The molecule has 0 saturated carbocycles. The zero-order chi connectivity index (χ0) is 13.8. The summed E-state index contributed by atoms with van der Waals surface area (Å²) in [4.78, 5) is 0. The van der Waals surface area contributed by atoms with Crippen LogP contribution < -0.4 is 5.32 Å². The Morgan fingerprint density at radius 1 is 1.16 bits per heavy atom. The first-order valence-corrected chi connectivity index (χ1v) is 6.20. The second-order valence-corrected chi connectivity index (χ2v) is 4.60. The Labute approximate surface area is 110 Å². The van der Waals surface area contributed by atoms with Gasteiger partial charge in [-0.1, -0.05) is 18.2 Å². The third-order valence-electron chi connectivity index (χ3n) is 3.26. The van der Waals surface area contributed by atoms with Crippen LogP contribution in [0, 0.1) is 5.82 Å². The van der Waals surface area contributed by atoms with Crippen LogP contribution >= 0.6 is 0 Å². The summed E-state index contributed by atoms with van der Waals surface area (Å²) in [7, 11) is 0. The summed E-state index contributed by atoms with van der Waals surface area (Å²) in [5.74, 6) is -0.295. The van der Waals surface area contributed by atoms with E-state index in [-0.39, 0.29) is 19.0 Å². The van der Waals surface area contributed by atoms with Gasteiger partial charge in [0.05, 0.1) is 12.7 Å². The molecule has 106 valence electrons. The highest BCUT2D eigenvalue weighted by atomic mass is 19.1. The fourth-order valence-electron chi connectivity index (χ4n) is 2.14. The predicted molar refractivity (Wildman–Crippen MR) is 65.9 cm³/mol. The van der Waals surface area contributed by atoms with E-state index in [4.69, 9.17) is 9.84 Å². The first kappa shape index (κ1) is 14.4. The van der Waals surface area contributed by atoms with Gasteiger partial charge in [0, 0.05) is 18.7 Å². The molecule has 1 saturated heterocycles. The molecule has 0 unspecified atom stereocenters. The fourth-order valence-corrected chi connectivity index (χ4v) is 2.14. The number of ether oxygens (including phenoxy) is 1. The molecule has 1 aliphatic rings. The van der Waals surface area contributed by atoms with Crippen molar-refractivity contribution in [2.75, 3.05) is 13.2 Å². The summed E-state index contributed by atoms with van der Waals surface area (Å²) >= 11 is 0. The SMILES string of the molecule is OC[C@H]1O[C@H](CNCc2ccccc2F)[C@@H](O)[C@@H]1O. The molecule has 6 heteroatoms. The van der Waals surface area contributed by atoms with Gasteiger partial charge in [-0.25, -0.2) is 4.39 Å². The van der Waals surface area contributed by atoms with Gasteiger partial charge in [0.2, 0.25) is 0 Å². The van der Waals surface area contributed by atoms with Crippen LogP contribution in [0.25, 0.3) is 0 Å². The van der Waals surface area contributed by atoms with Gasteiger partial charge in [0.15, 0.2) is 0 Å². The first-order valence-electron chi connectivity index (χ1n) is 6.20. The topological polar surface area (TPSA) is 82.0 Å². The third kappa shape index (κ3) is 3.29. The average Bonchev–Trinajstić information content (AvgIpc) is 2.69. The van der Waals surface area contributed by atoms with E-state index < -0.39 is 24.4 Å². The number of benzene rings is 1. The van der Waals surface area contributed by atoms with Crippen LogP contribution in [0.1, 0.15) is 5.56 Å². The van der Waals surface area contributed by atoms with Crippen LogP contribution in [-0.4, -0.2) is 52.9 Å². The molecule has 0 aliphatic carbocycles. The highest BCUT2D eigenvalue weighted by Gasteiger charge is 2.41. The van der Waals surface area contributed by atoms with Crippen molar-refractivity contribution in [1.82, 2.24) is 5.32 Å². The molecule has 1 heterocycles. The molecule has 19 heavy (non-hydrogen) atoms. The van der Waals surface area contributed by atoms with Crippen molar-refractivity contribution in [2.24, 2.45) is 0 Å². The number of aliphatic hydroxyl groups is 3. The molecule has 0 aromatic heterocycles. The monoisotopic (exact) mass is 271 g/mol. The van der Waals surface area contributed by atoms with Crippen LogP contribution in [0.2, 0.25) is 0 Å². The van der Waals surface area contributed by atoms with Crippen molar-refractivity contribution in [2.45, 2.75) is 31.0 Å². The maximum atomic E-state index is 13.4. The molecule has 0 amide bonds. The molecule has 4 N–H and O–H groups in total. The van der Waals surface area contributed by atoms with Crippen LogP contribution in [0.15, 0.2) is 24.3 Å². The molecule has 2 rings (SSSR count). The second-order valence-electron chi connectivity index (χ2n) is 4.60. The molecule has 0 spiro atoms. The quantitative estimate of drug-likeness (QED) is 0.575. The van der Waals surface area contributed by atoms with E-state index >= 15 is 0 Å². The molecule has 4 atom stereocenters. The van der Waals surface area contributed by atoms with Crippen molar-refractivity contribution in [3.63, 3.8) is 0 Å². The average molecular weight is 271 g/mol. The van der Waals surface area contributed by atoms with Gasteiger partial charge in [-0.2, -0.15) is 0 Å². The Morgan fingerprint density at radius 3 is 2.47 bits per heavy atom. The minimum absolute atomic E-state index is 0.267. The van der Waals surface area contributed by atoms with Crippen LogP contribution in [0.4, 0.5) is 4.39 Å². The van der Waals surface area contributed by atoms with Crippen molar-refractivity contribution >= 4 is 0 Å². The third-order valence-corrected chi connectivity index (χ3v) is 3.26. The molecule has 0 radical (unpaired) electrons. The summed E-state index contributed by atoms with van der Waals surface area (Å²) in [6, 6.07) is 6.40.